The van der Waals surface area contributed by atoms with Crippen molar-refractivity contribution in [3.05, 3.63) is 46.1 Å². The molecule has 17 heteroatoms. The van der Waals surface area contributed by atoms with E-state index in [0.29, 0.717) is 19.3 Å². The fourth-order valence-corrected chi connectivity index (χ4v) is 5.08. The van der Waals surface area contributed by atoms with Crippen LogP contribution in [0, 0.1) is 10.1 Å². The van der Waals surface area contributed by atoms with Gasteiger partial charge in [0.25, 0.3) is 11.6 Å². The molecule has 4 rings (SSSR count). The summed E-state index contributed by atoms with van der Waals surface area (Å²) in [5.74, 6) is -3.22. The third kappa shape index (κ3) is 7.70. The Labute approximate surface area is 263 Å². The molecular formula is C29H36N6O11. The molecule has 2 aliphatic rings. The number of hydrogen-bond acceptors (Lipinski definition) is 11. The maximum absolute atomic E-state index is 13.5. The standard InChI is InChI=1S/C29H36N6O11/c1-3-44-27(40)29(11-6-12-29)46-23-18-22(31-34(23)19-7-5-8-20(17-19)35(42)43)25(38)30-21(9-10-24(36)37)26(39)32-13-15-33(16-14-32)28(41)45-4-2/h5,7-8,17-18,21H,3-4,6,9-16H2,1-2H3,(H,30,38)(H,36,37). The molecule has 2 heterocycles. The van der Waals surface area contributed by atoms with Gasteiger partial charge in [0.15, 0.2) is 5.69 Å². The van der Waals surface area contributed by atoms with Gasteiger partial charge in [0.2, 0.25) is 17.4 Å². The first kappa shape index (κ1) is 33.7. The molecule has 1 aromatic carbocycles. The van der Waals surface area contributed by atoms with Crippen LogP contribution in [0.5, 0.6) is 5.88 Å². The Morgan fingerprint density at radius 1 is 1.04 bits per heavy atom. The Hall–Kier alpha value is -5.22. The van der Waals surface area contributed by atoms with Crippen LogP contribution in [0.4, 0.5) is 10.5 Å². The average Bonchev–Trinajstić information content (AvgIpc) is 3.44. The minimum Gasteiger partial charge on any atom is -0.481 e. The molecule has 46 heavy (non-hydrogen) atoms. The molecule has 1 unspecified atom stereocenters. The number of nitrogens with one attached hydrogen (secondary N) is 1. The molecule has 1 aliphatic carbocycles. The summed E-state index contributed by atoms with van der Waals surface area (Å²) in [7, 11) is 0. The molecule has 1 aromatic heterocycles. The lowest BCUT2D eigenvalue weighted by atomic mass is 9.80. The smallest absolute Gasteiger partial charge is 0.409 e. The number of nitro groups is 1. The SMILES string of the molecule is CCOC(=O)N1CCN(C(=O)C(CCC(=O)O)NC(=O)c2cc(OC3(C(=O)OCC)CCC3)n(-c3cccc([N+](=O)[O-])c3)n2)CC1. The third-order valence-corrected chi connectivity index (χ3v) is 7.67. The normalized spacial score (nSPS) is 16.0. The Balaban J connectivity index is 1.60. The van der Waals surface area contributed by atoms with Gasteiger partial charge in [-0.25, -0.2) is 14.3 Å². The van der Waals surface area contributed by atoms with E-state index in [4.69, 9.17) is 14.2 Å². The topological polar surface area (TPSA) is 213 Å². The Bertz CT molecular complexity index is 1480. The second-order valence-corrected chi connectivity index (χ2v) is 10.7. The van der Waals surface area contributed by atoms with Gasteiger partial charge in [-0.2, -0.15) is 5.10 Å². The summed E-state index contributed by atoms with van der Waals surface area (Å²) in [4.78, 5) is 77.0. The fraction of sp³-hybridized carbons (Fsp3) is 0.517. The number of hydrogen-bond donors (Lipinski definition) is 2. The van der Waals surface area contributed by atoms with Crippen molar-refractivity contribution in [3.63, 3.8) is 0 Å². The van der Waals surface area contributed by atoms with Crippen LogP contribution in [0.2, 0.25) is 0 Å². The van der Waals surface area contributed by atoms with Crippen LogP contribution in [0.1, 0.15) is 56.4 Å². The van der Waals surface area contributed by atoms with E-state index in [1.807, 2.05) is 0 Å². The molecule has 1 saturated carbocycles. The quantitative estimate of drug-likeness (QED) is 0.182. The number of non-ortho nitro benzene ring substituents is 1. The van der Waals surface area contributed by atoms with Gasteiger partial charge in [0.1, 0.15) is 6.04 Å². The zero-order valence-corrected chi connectivity index (χ0v) is 25.5. The summed E-state index contributed by atoms with van der Waals surface area (Å²) in [5.41, 5.74) is -1.68. The first-order valence-electron chi connectivity index (χ1n) is 14.9. The first-order chi connectivity index (χ1) is 22.0. The number of ether oxygens (including phenoxy) is 3. The van der Waals surface area contributed by atoms with Gasteiger partial charge in [0.05, 0.1) is 23.8 Å². The van der Waals surface area contributed by atoms with Crippen LogP contribution in [0.3, 0.4) is 0 Å². The summed E-state index contributed by atoms with van der Waals surface area (Å²) in [6.45, 7) is 4.34. The minimum atomic E-state index is -1.34. The molecule has 2 fully saturated rings. The zero-order chi connectivity index (χ0) is 33.4. The van der Waals surface area contributed by atoms with Crippen LogP contribution in [0.15, 0.2) is 30.3 Å². The molecule has 1 aliphatic heterocycles. The Morgan fingerprint density at radius 2 is 1.72 bits per heavy atom. The number of rotatable bonds is 13. The summed E-state index contributed by atoms with van der Waals surface area (Å²) in [5, 5.41) is 27.6. The maximum Gasteiger partial charge on any atom is 0.409 e. The van der Waals surface area contributed by atoms with E-state index in [1.165, 1.54) is 40.1 Å². The monoisotopic (exact) mass is 644 g/mol. The number of nitro benzene ring substituents is 1. The van der Waals surface area contributed by atoms with Gasteiger partial charge >= 0.3 is 18.0 Å². The van der Waals surface area contributed by atoms with Crippen molar-refractivity contribution in [3.8, 4) is 11.6 Å². The lowest BCUT2D eigenvalue weighted by Gasteiger charge is -2.38. The number of carbonyl (C=O) groups excluding carboxylic acids is 4. The summed E-state index contributed by atoms with van der Waals surface area (Å²) in [6.07, 6.45) is 0.204. The van der Waals surface area contributed by atoms with Crippen molar-refractivity contribution in [2.45, 2.75) is 57.6 Å². The number of esters is 1. The average molecular weight is 645 g/mol. The summed E-state index contributed by atoms with van der Waals surface area (Å²) < 4.78 is 17.5. The lowest BCUT2D eigenvalue weighted by molar-refractivity contribution is -0.384. The second kappa shape index (κ2) is 14.7. The predicted octanol–water partition coefficient (Wildman–Crippen LogP) is 1.91. The number of nitrogens with zero attached hydrogens (tertiary/aromatic N) is 5. The zero-order valence-electron chi connectivity index (χ0n) is 25.5. The molecule has 17 nitrogen and oxygen atoms in total. The second-order valence-electron chi connectivity index (χ2n) is 10.7. The molecule has 2 aromatic rings. The van der Waals surface area contributed by atoms with Crippen molar-refractivity contribution >= 4 is 35.5 Å². The van der Waals surface area contributed by atoms with E-state index < -0.39 is 52.8 Å². The maximum atomic E-state index is 13.5. The van der Waals surface area contributed by atoms with Crippen LogP contribution in [0.25, 0.3) is 5.69 Å². The van der Waals surface area contributed by atoms with Crippen LogP contribution >= 0.6 is 0 Å². The number of carboxylic acids is 1. The van der Waals surface area contributed by atoms with Gasteiger partial charge in [-0.1, -0.05) is 6.07 Å². The largest absolute Gasteiger partial charge is 0.481 e. The highest BCUT2D eigenvalue weighted by atomic mass is 16.6. The van der Waals surface area contributed by atoms with Crippen LogP contribution in [-0.2, 0) is 23.9 Å². The van der Waals surface area contributed by atoms with Crippen molar-refractivity contribution in [2.24, 2.45) is 0 Å². The number of carboxylic acid groups (broad SMARTS) is 1. The minimum absolute atomic E-state index is 0.0677. The van der Waals surface area contributed by atoms with E-state index in [1.54, 1.807) is 13.8 Å². The van der Waals surface area contributed by atoms with Crippen LogP contribution in [-0.4, -0.2) is 110 Å². The molecule has 1 saturated heterocycles. The molecule has 1 atom stereocenters. The van der Waals surface area contributed by atoms with E-state index in [9.17, 15) is 39.2 Å². The van der Waals surface area contributed by atoms with E-state index in [2.05, 4.69) is 10.4 Å². The number of piperazine rings is 1. The van der Waals surface area contributed by atoms with Crippen molar-refractivity contribution in [2.75, 3.05) is 39.4 Å². The number of carbonyl (C=O) groups is 5. The number of benzene rings is 1. The van der Waals surface area contributed by atoms with Gasteiger partial charge in [-0.05, 0) is 45.6 Å². The summed E-state index contributed by atoms with van der Waals surface area (Å²) in [6, 6.07) is 5.41. The highest BCUT2D eigenvalue weighted by Gasteiger charge is 2.49. The molecule has 3 amide bonds. The molecule has 248 valence electrons. The predicted molar refractivity (Wildman–Crippen MR) is 157 cm³/mol. The number of aromatic nitrogens is 2. The van der Waals surface area contributed by atoms with E-state index in [0.717, 1.165) is 4.68 Å². The van der Waals surface area contributed by atoms with E-state index in [-0.39, 0.29) is 68.8 Å². The molecule has 0 spiro atoms. The van der Waals surface area contributed by atoms with Crippen LogP contribution < -0.4 is 10.1 Å². The van der Waals surface area contributed by atoms with E-state index >= 15 is 0 Å². The molecular weight excluding hydrogens is 608 g/mol. The molecule has 0 radical (unpaired) electrons. The lowest BCUT2D eigenvalue weighted by Crippen LogP contribution is -2.56. The number of aliphatic carboxylic acids is 1. The molecule has 2 N–H and O–H groups in total. The van der Waals surface area contributed by atoms with Crippen molar-refractivity contribution < 1.29 is 48.2 Å². The van der Waals surface area contributed by atoms with Gasteiger partial charge in [0, 0.05) is 50.8 Å². The summed E-state index contributed by atoms with van der Waals surface area (Å²) >= 11 is 0. The third-order valence-electron chi connectivity index (χ3n) is 7.67. The van der Waals surface area contributed by atoms with Gasteiger partial charge < -0.3 is 34.4 Å². The fourth-order valence-electron chi connectivity index (χ4n) is 5.08. The Kier molecular flexibility index (Phi) is 10.8. The molecule has 0 bridgehead atoms. The number of amides is 3. The van der Waals surface area contributed by atoms with Crippen molar-refractivity contribution in [1.82, 2.24) is 24.9 Å². The Morgan fingerprint density at radius 3 is 2.30 bits per heavy atom. The van der Waals surface area contributed by atoms with Gasteiger partial charge in [-0.3, -0.25) is 24.5 Å². The van der Waals surface area contributed by atoms with Crippen molar-refractivity contribution in [1.29, 1.82) is 0 Å². The highest BCUT2D eigenvalue weighted by Crippen LogP contribution is 2.39. The van der Waals surface area contributed by atoms with Gasteiger partial charge in [-0.15, -0.1) is 0 Å². The highest BCUT2D eigenvalue weighted by molar-refractivity contribution is 5.96. The first-order valence-corrected chi connectivity index (χ1v) is 14.9.